The maximum Gasteiger partial charge on any atom is 0.416 e. The van der Waals surface area contributed by atoms with Gasteiger partial charge in [0.2, 0.25) is 0 Å². The topological polar surface area (TPSA) is 34.4 Å². The van der Waals surface area contributed by atoms with Crippen molar-refractivity contribution < 1.29 is 13.2 Å². The van der Waals surface area contributed by atoms with E-state index in [4.69, 9.17) is 0 Å². The quantitative estimate of drug-likeness (QED) is 0.503. The number of hydrogen-bond donors (Lipinski definition) is 0. The Kier molecular flexibility index (Phi) is 3.66. The third-order valence-electron chi connectivity index (χ3n) is 4.39. The first-order chi connectivity index (χ1) is 12.2. The molecule has 0 bridgehead atoms. The second-order valence-electron chi connectivity index (χ2n) is 6.19. The number of nitrogens with zero attached hydrogens (tertiary/aromatic N) is 2. The largest absolute Gasteiger partial charge is 0.416 e. The molecule has 0 unspecified atom stereocenters. The van der Waals surface area contributed by atoms with Crippen molar-refractivity contribution in [2.75, 3.05) is 0 Å². The zero-order valence-electron chi connectivity index (χ0n) is 13.9. The lowest BCUT2D eigenvalue weighted by molar-refractivity contribution is -0.137. The molecule has 0 saturated heterocycles. The summed E-state index contributed by atoms with van der Waals surface area (Å²) in [6.07, 6.45) is -2.78. The van der Waals surface area contributed by atoms with Gasteiger partial charge in [0.25, 0.3) is 5.56 Å². The predicted molar refractivity (Wildman–Crippen MR) is 96.5 cm³/mol. The molecule has 0 aliphatic carbocycles. The molecule has 132 valence electrons. The van der Waals surface area contributed by atoms with Gasteiger partial charge in [0.15, 0.2) is 4.96 Å². The van der Waals surface area contributed by atoms with Gasteiger partial charge in [-0.15, -0.1) is 0 Å². The lowest BCUT2D eigenvalue weighted by atomic mass is 10.1. The first-order valence-electron chi connectivity index (χ1n) is 7.85. The van der Waals surface area contributed by atoms with Gasteiger partial charge in [-0.1, -0.05) is 23.5 Å². The van der Waals surface area contributed by atoms with Crippen molar-refractivity contribution in [3.05, 3.63) is 73.5 Å². The van der Waals surface area contributed by atoms with Gasteiger partial charge < -0.3 is 0 Å². The van der Waals surface area contributed by atoms with Crippen LogP contribution in [0.15, 0.2) is 41.2 Å². The van der Waals surface area contributed by atoms with Crippen LogP contribution >= 0.6 is 11.3 Å². The first kappa shape index (κ1) is 16.8. The Bertz CT molecular complexity index is 1250. The van der Waals surface area contributed by atoms with Crippen LogP contribution in [-0.4, -0.2) is 9.38 Å². The van der Waals surface area contributed by atoms with Crippen molar-refractivity contribution in [3.8, 4) is 0 Å². The molecule has 2 aromatic carbocycles. The molecule has 4 rings (SSSR count). The Morgan fingerprint density at radius 1 is 1.08 bits per heavy atom. The highest BCUT2D eigenvalue weighted by Gasteiger charge is 2.29. The molecule has 0 atom stereocenters. The van der Waals surface area contributed by atoms with E-state index < -0.39 is 11.7 Å². The van der Waals surface area contributed by atoms with Crippen LogP contribution in [0.1, 0.15) is 22.3 Å². The van der Waals surface area contributed by atoms with Crippen LogP contribution in [0.3, 0.4) is 0 Å². The number of hydrogen-bond acceptors (Lipinski definition) is 3. The minimum Gasteiger partial charge on any atom is -0.267 e. The Labute approximate surface area is 150 Å². The fraction of sp³-hybridized carbons (Fsp3) is 0.158. The molecule has 0 saturated carbocycles. The van der Waals surface area contributed by atoms with Crippen LogP contribution in [0.5, 0.6) is 0 Å². The fourth-order valence-electron chi connectivity index (χ4n) is 2.84. The Hall–Kier alpha value is -2.67. The molecule has 0 spiro atoms. The second-order valence-corrected chi connectivity index (χ2v) is 7.20. The van der Waals surface area contributed by atoms with Crippen LogP contribution in [-0.2, 0) is 6.18 Å². The van der Waals surface area contributed by atoms with Gasteiger partial charge in [-0.3, -0.25) is 4.79 Å². The number of benzene rings is 2. The van der Waals surface area contributed by atoms with E-state index in [1.165, 1.54) is 23.5 Å². The van der Waals surface area contributed by atoms with Crippen LogP contribution in [0.2, 0.25) is 0 Å². The van der Waals surface area contributed by atoms with Gasteiger partial charge in [0, 0.05) is 0 Å². The summed E-state index contributed by atoms with van der Waals surface area (Å²) in [5, 5.41) is 0. The molecule has 0 N–H and O–H groups in total. The van der Waals surface area contributed by atoms with Crippen molar-refractivity contribution in [1.29, 1.82) is 0 Å². The summed E-state index contributed by atoms with van der Waals surface area (Å²) in [6.45, 7) is 3.96. The molecule has 0 fully saturated rings. The summed E-state index contributed by atoms with van der Waals surface area (Å²) in [5.41, 5.74) is 3.29. The Morgan fingerprint density at radius 2 is 1.73 bits per heavy atom. The minimum atomic E-state index is -4.37. The normalized spacial score (nSPS) is 13.2. The van der Waals surface area contributed by atoms with Crippen LogP contribution < -0.4 is 10.1 Å². The Balaban J connectivity index is 1.87. The van der Waals surface area contributed by atoms with E-state index in [2.05, 4.69) is 4.98 Å². The van der Waals surface area contributed by atoms with E-state index >= 15 is 0 Å². The number of halogens is 3. The number of thiazole rings is 1. The van der Waals surface area contributed by atoms with Crippen molar-refractivity contribution >= 4 is 33.4 Å². The molecule has 0 aliphatic rings. The van der Waals surface area contributed by atoms with E-state index in [-0.39, 0.29) is 5.56 Å². The number of aromatic nitrogens is 2. The molecular weight excluding hydrogens is 361 g/mol. The standard InChI is InChI=1S/C19H13F3N2OS/c1-10-7-14-15(8-11(10)2)24-17(25)16(26-18(24)23-14)9-12-3-5-13(6-4-12)19(20,21)22/h3-9H,1-2H3/b16-9-. The van der Waals surface area contributed by atoms with E-state index in [0.717, 1.165) is 34.3 Å². The van der Waals surface area contributed by atoms with E-state index in [1.807, 2.05) is 26.0 Å². The molecule has 26 heavy (non-hydrogen) atoms. The molecule has 0 amide bonds. The van der Waals surface area contributed by atoms with Crippen LogP contribution in [0.4, 0.5) is 13.2 Å². The first-order valence-corrected chi connectivity index (χ1v) is 8.67. The molecule has 4 aromatic rings. The molecule has 2 heterocycles. The predicted octanol–water partition coefficient (Wildman–Crippen LogP) is 4.09. The zero-order chi connectivity index (χ0) is 18.6. The third-order valence-corrected chi connectivity index (χ3v) is 5.36. The number of aryl methyl sites for hydroxylation is 2. The van der Waals surface area contributed by atoms with E-state index in [1.54, 1.807) is 10.5 Å². The number of imidazole rings is 1. The van der Waals surface area contributed by atoms with E-state index in [0.29, 0.717) is 15.1 Å². The van der Waals surface area contributed by atoms with Gasteiger partial charge in [-0.05, 0) is 60.9 Å². The molecular formula is C19H13F3N2OS. The smallest absolute Gasteiger partial charge is 0.267 e. The van der Waals surface area contributed by atoms with Gasteiger partial charge >= 0.3 is 6.18 Å². The summed E-state index contributed by atoms with van der Waals surface area (Å²) >= 11 is 1.23. The lowest BCUT2D eigenvalue weighted by Crippen LogP contribution is -2.22. The van der Waals surface area contributed by atoms with Crippen molar-refractivity contribution in [2.45, 2.75) is 20.0 Å². The average Bonchev–Trinajstić information content (AvgIpc) is 3.05. The lowest BCUT2D eigenvalue weighted by Gasteiger charge is -2.05. The molecule has 0 radical (unpaired) electrons. The summed E-state index contributed by atoms with van der Waals surface area (Å²) in [4.78, 5) is 17.8. The van der Waals surface area contributed by atoms with Crippen molar-refractivity contribution in [3.63, 3.8) is 0 Å². The molecule has 7 heteroatoms. The maximum absolute atomic E-state index is 12.8. The Morgan fingerprint density at radius 3 is 2.38 bits per heavy atom. The maximum atomic E-state index is 12.8. The van der Waals surface area contributed by atoms with Gasteiger partial charge in [0.05, 0.1) is 21.1 Å². The molecule has 3 nitrogen and oxygen atoms in total. The zero-order valence-corrected chi connectivity index (χ0v) is 14.7. The van der Waals surface area contributed by atoms with Gasteiger partial charge in [0.1, 0.15) is 0 Å². The summed E-state index contributed by atoms with van der Waals surface area (Å²) < 4.78 is 39.9. The van der Waals surface area contributed by atoms with Gasteiger partial charge in [-0.2, -0.15) is 13.2 Å². The average molecular weight is 374 g/mol. The second kappa shape index (κ2) is 5.67. The fourth-order valence-corrected chi connectivity index (χ4v) is 3.83. The number of alkyl halides is 3. The number of rotatable bonds is 1. The highest BCUT2D eigenvalue weighted by molar-refractivity contribution is 7.15. The van der Waals surface area contributed by atoms with Crippen LogP contribution in [0.25, 0.3) is 22.1 Å². The third kappa shape index (κ3) is 2.68. The monoisotopic (exact) mass is 374 g/mol. The van der Waals surface area contributed by atoms with Crippen molar-refractivity contribution in [1.82, 2.24) is 9.38 Å². The SMILES string of the molecule is Cc1cc2nc3s/c(=C\c4ccc(C(F)(F)F)cc4)c(=O)n3c2cc1C. The highest BCUT2D eigenvalue weighted by atomic mass is 32.1. The summed E-state index contributed by atoms with van der Waals surface area (Å²) in [5.74, 6) is 0. The van der Waals surface area contributed by atoms with Gasteiger partial charge in [-0.25, -0.2) is 9.38 Å². The summed E-state index contributed by atoms with van der Waals surface area (Å²) in [7, 11) is 0. The number of fused-ring (bicyclic) bond motifs is 3. The minimum absolute atomic E-state index is 0.212. The molecule has 0 aliphatic heterocycles. The summed E-state index contributed by atoms with van der Waals surface area (Å²) in [6, 6.07) is 8.61. The van der Waals surface area contributed by atoms with Crippen molar-refractivity contribution in [2.24, 2.45) is 0 Å². The molecule has 2 aromatic heterocycles. The highest BCUT2D eigenvalue weighted by Crippen LogP contribution is 2.29. The van der Waals surface area contributed by atoms with E-state index in [9.17, 15) is 18.0 Å². The van der Waals surface area contributed by atoms with Crippen LogP contribution in [0, 0.1) is 13.8 Å².